The quantitative estimate of drug-likeness (QED) is 0.670. The normalized spacial score (nSPS) is 31.9. The topological polar surface area (TPSA) is 41.5 Å². The maximum atomic E-state index is 12.2. The summed E-state index contributed by atoms with van der Waals surface area (Å²) in [5.41, 5.74) is 3.71. The highest BCUT2D eigenvalue weighted by Gasteiger charge is 2.64. The first-order valence-electron chi connectivity index (χ1n) is 7.20. The predicted octanol–water partition coefficient (Wildman–Crippen LogP) is 3.62. The molecule has 4 heteroatoms. The largest absolute Gasteiger partial charge is 0.273 e. The van der Waals surface area contributed by atoms with E-state index in [1.165, 1.54) is 25.7 Å². The minimum absolute atomic E-state index is 0.0581. The van der Waals surface area contributed by atoms with E-state index in [9.17, 15) is 4.79 Å². The average molecular weight is 291 g/mol. The van der Waals surface area contributed by atoms with Gasteiger partial charge in [0.15, 0.2) is 0 Å². The summed E-state index contributed by atoms with van der Waals surface area (Å²) >= 11 is 6.03. The zero-order valence-corrected chi connectivity index (χ0v) is 12.4. The van der Waals surface area contributed by atoms with E-state index in [0.717, 1.165) is 5.56 Å². The van der Waals surface area contributed by atoms with E-state index in [2.05, 4.69) is 17.5 Å². The number of hydrazone groups is 1. The summed E-state index contributed by atoms with van der Waals surface area (Å²) in [6.07, 6.45) is 6.47. The Hall–Kier alpha value is -1.35. The molecule has 0 aliphatic heterocycles. The third-order valence-electron chi connectivity index (χ3n) is 4.90. The Balaban J connectivity index is 1.60. The second kappa shape index (κ2) is 5.21. The second-order valence-electron chi connectivity index (χ2n) is 6.09. The first-order chi connectivity index (χ1) is 9.63. The van der Waals surface area contributed by atoms with E-state index in [1.54, 1.807) is 12.3 Å². The molecule has 0 spiro atoms. The minimum Gasteiger partial charge on any atom is -0.273 e. The van der Waals surface area contributed by atoms with Crippen LogP contribution in [0, 0.1) is 17.3 Å². The van der Waals surface area contributed by atoms with Gasteiger partial charge in [-0.1, -0.05) is 49.6 Å². The number of benzene rings is 1. The fourth-order valence-electron chi connectivity index (χ4n) is 3.67. The van der Waals surface area contributed by atoms with Crippen LogP contribution >= 0.6 is 11.6 Å². The van der Waals surface area contributed by atoms with E-state index in [0.29, 0.717) is 10.9 Å². The van der Waals surface area contributed by atoms with Gasteiger partial charge in [-0.25, -0.2) is 5.43 Å². The Morgan fingerprint density at radius 3 is 2.95 bits per heavy atom. The molecule has 106 valence electrons. The Labute approximate surface area is 124 Å². The summed E-state index contributed by atoms with van der Waals surface area (Å²) in [5, 5.41) is 4.68. The van der Waals surface area contributed by atoms with Crippen molar-refractivity contribution in [2.24, 2.45) is 22.4 Å². The van der Waals surface area contributed by atoms with Crippen molar-refractivity contribution < 1.29 is 4.79 Å². The summed E-state index contributed by atoms with van der Waals surface area (Å²) in [6, 6.07) is 7.44. The zero-order valence-electron chi connectivity index (χ0n) is 11.6. The molecule has 0 bridgehead atoms. The molecule has 2 fully saturated rings. The molecule has 2 aliphatic rings. The molecule has 3 unspecified atom stereocenters. The number of nitrogens with zero attached hydrogens (tertiary/aromatic N) is 1. The van der Waals surface area contributed by atoms with Gasteiger partial charge in [0.2, 0.25) is 5.91 Å². The van der Waals surface area contributed by atoms with E-state index in [4.69, 9.17) is 11.6 Å². The van der Waals surface area contributed by atoms with Gasteiger partial charge in [-0.2, -0.15) is 5.10 Å². The Morgan fingerprint density at radius 2 is 2.25 bits per heavy atom. The molecule has 0 aromatic heterocycles. The molecule has 2 aliphatic carbocycles. The number of hydrogen-bond acceptors (Lipinski definition) is 2. The van der Waals surface area contributed by atoms with Crippen LogP contribution in [-0.2, 0) is 4.79 Å². The van der Waals surface area contributed by atoms with Gasteiger partial charge in [-0.05, 0) is 30.2 Å². The van der Waals surface area contributed by atoms with Crippen LogP contribution in [0.2, 0.25) is 5.02 Å². The molecule has 3 nitrogen and oxygen atoms in total. The highest BCUT2D eigenvalue weighted by atomic mass is 35.5. The number of fused-ring (bicyclic) bond motifs is 1. The summed E-state index contributed by atoms with van der Waals surface area (Å²) in [5.74, 6) is 0.767. The first kappa shape index (κ1) is 13.6. The molecule has 0 saturated heterocycles. The lowest BCUT2D eigenvalue weighted by atomic mass is 9.90. The molecular weight excluding hydrogens is 272 g/mol. The fourth-order valence-corrected chi connectivity index (χ4v) is 3.85. The molecule has 1 aromatic rings. The molecule has 3 atom stereocenters. The van der Waals surface area contributed by atoms with Crippen LogP contribution < -0.4 is 5.43 Å². The number of rotatable bonds is 3. The van der Waals surface area contributed by atoms with Crippen LogP contribution in [0.4, 0.5) is 0 Å². The zero-order chi connectivity index (χ0) is 14.2. The van der Waals surface area contributed by atoms with Crippen molar-refractivity contribution in [2.75, 3.05) is 0 Å². The van der Waals surface area contributed by atoms with Gasteiger partial charge < -0.3 is 0 Å². The Morgan fingerprint density at radius 1 is 1.45 bits per heavy atom. The molecule has 2 saturated carbocycles. The lowest BCUT2D eigenvalue weighted by Gasteiger charge is -2.15. The predicted molar refractivity (Wildman–Crippen MR) is 80.7 cm³/mol. The summed E-state index contributed by atoms with van der Waals surface area (Å²) in [6.45, 7) is 2.23. The molecular formula is C16H19ClN2O. The SMILES string of the molecule is CC12CCCCC1C2C(=O)N/N=C/c1ccccc1Cl. The molecule has 20 heavy (non-hydrogen) atoms. The van der Waals surface area contributed by atoms with Gasteiger partial charge >= 0.3 is 0 Å². The van der Waals surface area contributed by atoms with Crippen molar-refractivity contribution >= 4 is 23.7 Å². The smallest absolute Gasteiger partial charge is 0.244 e. The number of nitrogens with one attached hydrogen (secondary N) is 1. The van der Waals surface area contributed by atoms with Gasteiger partial charge in [0.1, 0.15) is 0 Å². The van der Waals surface area contributed by atoms with Crippen LogP contribution in [0.1, 0.15) is 38.2 Å². The molecule has 3 rings (SSSR count). The third-order valence-corrected chi connectivity index (χ3v) is 5.24. The highest BCUT2D eigenvalue weighted by molar-refractivity contribution is 6.33. The van der Waals surface area contributed by atoms with Crippen LogP contribution in [0.15, 0.2) is 29.4 Å². The van der Waals surface area contributed by atoms with Gasteiger partial charge in [0, 0.05) is 16.5 Å². The van der Waals surface area contributed by atoms with E-state index >= 15 is 0 Å². The Kier molecular flexibility index (Phi) is 3.55. The standard InChI is InChI=1S/C16H19ClN2O/c1-16-9-5-4-7-12(16)14(16)15(20)19-18-10-11-6-2-3-8-13(11)17/h2-3,6,8,10,12,14H,4-5,7,9H2,1H3,(H,19,20)/b18-10+. The van der Waals surface area contributed by atoms with Crippen LogP contribution in [0.3, 0.4) is 0 Å². The number of carbonyl (C=O) groups excluding carboxylic acids is 1. The summed E-state index contributed by atoms with van der Waals surface area (Å²) in [4.78, 5) is 12.2. The minimum atomic E-state index is 0.0581. The number of hydrogen-bond donors (Lipinski definition) is 1. The third kappa shape index (κ3) is 2.35. The van der Waals surface area contributed by atoms with Gasteiger partial charge in [0.05, 0.1) is 6.21 Å². The lowest BCUT2D eigenvalue weighted by molar-refractivity contribution is -0.123. The van der Waals surface area contributed by atoms with Gasteiger partial charge in [0.25, 0.3) is 0 Å². The van der Waals surface area contributed by atoms with Gasteiger partial charge in [-0.3, -0.25) is 4.79 Å². The first-order valence-corrected chi connectivity index (χ1v) is 7.58. The second-order valence-corrected chi connectivity index (χ2v) is 6.50. The van der Waals surface area contributed by atoms with Crippen molar-refractivity contribution in [3.05, 3.63) is 34.9 Å². The van der Waals surface area contributed by atoms with Crippen molar-refractivity contribution in [1.82, 2.24) is 5.43 Å². The number of halogens is 1. The molecule has 1 amide bonds. The molecule has 0 radical (unpaired) electrons. The molecule has 1 aromatic carbocycles. The monoisotopic (exact) mass is 290 g/mol. The Bertz CT molecular complexity index is 557. The van der Waals surface area contributed by atoms with E-state index in [-0.39, 0.29) is 17.2 Å². The number of carbonyl (C=O) groups is 1. The van der Waals surface area contributed by atoms with E-state index in [1.807, 2.05) is 18.2 Å². The van der Waals surface area contributed by atoms with Crippen molar-refractivity contribution in [3.63, 3.8) is 0 Å². The van der Waals surface area contributed by atoms with Gasteiger partial charge in [-0.15, -0.1) is 0 Å². The summed E-state index contributed by atoms with van der Waals surface area (Å²) < 4.78 is 0. The maximum absolute atomic E-state index is 12.2. The van der Waals surface area contributed by atoms with Crippen LogP contribution in [0.25, 0.3) is 0 Å². The lowest BCUT2D eigenvalue weighted by Crippen LogP contribution is -2.22. The van der Waals surface area contributed by atoms with Crippen LogP contribution in [-0.4, -0.2) is 12.1 Å². The van der Waals surface area contributed by atoms with Crippen LogP contribution in [0.5, 0.6) is 0 Å². The summed E-state index contributed by atoms with van der Waals surface area (Å²) in [7, 11) is 0. The fraction of sp³-hybridized carbons (Fsp3) is 0.500. The molecule has 1 N–H and O–H groups in total. The molecule has 0 heterocycles. The average Bonchev–Trinajstić information content (AvgIpc) is 3.06. The van der Waals surface area contributed by atoms with Crippen molar-refractivity contribution in [1.29, 1.82) is 0 Å². The highest BCUT2D eigenvalue weighted by Crippen LogP contribution is 2.66. The maximum Gasteiger partial charge on any atom is 0.244 e. The van der Waals surface area contributed by atoms with E-state index < -0.39 is 0 Å². The van der Waals surface area contributed by atoms with Crippen molar-refractivity contribution in [3.8, 4) is 0 Å². The number of amides is 1. The van der Waals surface area contributed by atoms with Crippen molar-refractivity contribution in [2.45, 2.75) is 32.6 Å².